The third-order valence-corrected chi connectivity index (χ3v) is 4.27. The molecular formula is C9H12BrClN2OS. The second-order valence-corrected chi connectivity index (χ2v) is 5.97. The molecule has 1 aromatic rings. The molecule has 0 aliphatic heterocycles. The average molecular weight is 312 g/mol. The van der Waals surface area contributed by atoms with Gasteiger partial charge < -0.3 is 5.73 Å². The van der Waals surface area contributed by atoms with Crippen molar-refractivity contribution in [1.82, 2.24) is 5.32 Å². The van der Waals surface area contributed by atoms with Gasteiger partial charge in [0.2, 0.25) is 5.91 Å². The van der Waals surface area contributed by atoms with Gasteiger partial charge in [-0.1, -0.05) is 11.6 Å². The number of nitrogens with two attached hydrogens (primary N) is 1. The third-order valence-electron chi connectivity index (χ3n) is 1.73. The van der Waals surface area contributed by atoms with Crippen LogP contribution in [0.3, 0.4) is 0 Å². The van der Waals surface area contributed by atoms with Gasteiger partial charge in [-0.3, -0.25) is 10.1 Å². The maximum atomic E-state index is 11.3. The summed E-state index contributed by atoms with van der Waals surface area (Å²) in [6.45, 7) is 3.92. The van der Waals surface area contributed by atoms with Crippen LogP contribution in [0.25, 0.3) is 0 Å². The highest BCUT2D eigenvalue weighted by molar-refractivity contribution is 9.10. The molecule has 1 atom stereocenters. The molecule has 1 amide bonds. The Kier molecular flexibility index (Phi) is 4.58. The van der Waals surface area contributed by atoms with Crippen molar-refractivity contribution >= 4 is 44.8 Å². The van der Waals surface area contributed by atoms with Gasteiger partial charge in [0, 0.05) is 15.4 Å². The molecule has 6 heteroatoms. The molecule has 0 radical (unpaired) electrons. The zero-order valence-corrected chi connectivity index (χ0v) is 11.5. The van der Waals surface area contributed by atoms with Gasteiger partial charge in [0.05, 0.1) is 0 Å². The summed E-state index contributed by atoms with van der Waals surface area (Å²) in [7, 11) is 0. The molecule has 3 nitrogen and oxygen atoms in total. The highest BCUT2D eigenvalue weighted by Crippen LogP contribution is 2.35. The minimum absolute atomic E-state index is 0.183. The fourth-order valence-electron chi connectivity index (χ4n) is 1.14. The van der Waals surface area contributed by atoms with Crippen LogP contribution in [0.15, 0.2) is 10.5 Å². The fourth-order valence-corrected chi connectivity index (χ4v) is 2.95. The van der Waals surface area contributed by atoms with E-state index in [-0.39, 0.29) is 6.04 Å². The second kappa shape index (κ2) is 5.30. The molecule has 0 aliphatic rings. The first-order chi connectivity index (χ1) is 6.91. The lowest BCUT2D eigenvalue weighted by molar-refractivity contribution is -0.120. The highest BCUT2D eigenvalue weighted by Gasteiger charge is 2.21. The van der Waals surface area contributed by atoms with Crippen LogP contribution in [0.5, 0.6) is 0 Å². The number of hydrogen-bond acceptors (Lipinski definition) is 3. The number of thiophene rings is 1. The SMILES string of the molecule is CC(C)NC(C(N)=O)c1cc(Br)c(Cl)s1. The Labute approximate surface area is 106 Å². The van der Waals surface area contributed by atoms with Crippen molar-refractivity contribution in [2.24, 2.45) is 5.73 Å². The van der Waals surface area contributed by atoms with Crippen molar-refractivity contribution in [3.63, 3.8) is 0 Å². The zero-order valence-electron chi connectivity index (χ0n) is 8.38. The van der Waals surface area contributed by atoms with Gasteiger partial charge in [-0.15, -0.1) is 11.3 Å². The van der Waals surface area contributed by atoms with Crippen LogP contribution in [0.4, 0.5) is 0 Å². The molecule has 3 N–H and O–H groups in total. The smallest absolute Gasteiger partial charge is 0.240 e. The lowest BCUT2D eigenvalue weighted by Gasteiger charge is -2.16. The minimum Gasteiger partial charge on any atom is -0.368 e. The molecule has 0 aliphatic carbocycles. The van der Waals surface area contributed by atoms with E-state index in [9.17, 15) is 4.79 Å². The average Bonchev–Trinajstić information content (AvgIpc) is 2.42. The first-order valence-electron chi connectivity index (χ1n) is 4.42. The first-order valence-corrected chi connectivity index (χ1v) is 6.40. The number of hydrogen-bond donors (Lipinski definition) is 2. The van der Waals surface area contributed by atoms with E-state index in [0.717, 1.165) is 9.35 Å². The largest absolute Gasteiger partial charge is 0.368 e. The number of primary amides is 1. The van der Waals surface area contributed by atoms with Crippen LogP contribution >= 0.6 is 38.9 Å². The Morgan fingerprint density at radius 3 is 2.60 bits per heavy atom. The second-order valence-electron chi connectivity index (χ2n) is 3.43. The Morgan fingerprint density at radius 1 is 1.67 bits per heavy atom. The number of nitrogens with one attached hydrogen (secondary N) is 1. The Balaban J connectivity index is 2.94. The van der Waals surface area contributed by atoms with Gasteiger partial charge in [-0.2, -0.15) is 0 Å². The molecule has 1 heterocycles. The van der Waals surface area contributed by atoms with Crippen molar-refractivity contribution in [1.29, 1.82) is 0 Å². The van der Waals surface area contributed by atoms with Gasteiger partial charge in [-0.05, 0) is 35.8 Å². The molecule has 84 valence electrons. The van der Waals surface area contributed by atoms with Gasteiger partial charge in [0.1, 0.15) is 10.4 Å². The summed E-state index contributed by atoms with van der Waals surface area (Å²) in [5.74, 6) is -0.394. The van der Waals surface area contributed by atoms with Crippen molar-refractivity contribution in [2.75, 3.05) is 0 Å². The summed E-state index contributed by atoms with van der Waals surface area (Å²) in [5, 5.41) is 3.09. The molecule has 0 spiro atoms. The summed E-state index contributed by atoms with van der Waals surface area (Å²) in [5.41, 5.74) is 5.32. The van der Waals surface area contributed by atoms with E-state index < -0.39 is 11.9 Å². The summed E-state index contributed by atoms with van der Waals surface area (Å²) in [6, 6.07) is 1.53. The lowest BCUT2D eigenvalue weighted by atomic mass is 10.2. The van der Waals surface area contributed by atoms with Gasteiger partial charge in [0.25, 0.3) is 0 Å². The first kappa shape index (κ1) is 13.0. The quantitative estimate of drug-likeness (QED) is 0.898. The van der Waals surface area contributed by atoms with E-state index in [1.807, 2.05) is 19.9 Å². The maximum absolute atomic E-state index is 11.3. The summed E-state index contributed by atoms with van der Waals surface area (Å²) >= 11 is 10.6. The summed E-state index contributed by atoms with van der Waals surface area (Å²) in [4.78, 5) is 12.1. The normalized spacial score (nSPS) is 13.1. The molecular weight excluding hydrogens is 300 g/mol. The number of carbonyl (C=O) groups excluding carboxylic acids is 1. The molecule has 15 heavy (non-hydrogen) atoms. The van der Waals surface area contributed by atoms with Crippen LogP contribution in [-0.2, 0) is 4.79 Å². The number of rotatable bonds is 4. The molecule has 1 unspecified atom stereocenters. The molecule has 0 bridgehead atoms. The monoisotopic (exact) mass is 310 g/mol. The fraction of sp³-hybridized carbons (Fsp3) is 0.444. The topological polar surface area (TPSA) is 55.1 Å². The standard InChI is InChI=1S/C9H12BrClN2OS/c1-4(2)13-7(9(12)14)6-3-5(10)8(11)15-6/h3-4,7,13H,1-2H3,(H2,12,14). The van der Waals surface area contributed by atoms with E-state index in [1.165, 1.54) is 11.3 Å². The van der Waals surface area contributed by atoms with Gasteiger partial charge in [-0.25, -0.2) is 0 Å². The summed E-state index contributed by atoms with van der Waals surface area (Å²) < 4.78 is 1.42. The molecule has 0 saturated heterocycles. The Bertz CT molecular complexity index is 347. The van der Waals surface area contributed by atoms with E-state index in [1.54, 1.807) is 0 Å². The zero-order chi connectivity index (χ0) is 11.6. The van der Waals surface area contributed by atoms with Crippen LogP contribution in [-0.4, -0.2) is 11.9 Å². The van der Waals surface area contributed by atoms with Crippen molar-refractivity contribution in [3.05, 3.63) is 19.8 Å². The number of halogens is 2. The summed E-state index contributed by atoms with van der Waals surface area (Å²) in [6.07, 6.45) is 0. The van der Waals surface area contributed by atoms with E-state index >= 15 is 0 Å². The lowest BCUT2D eigenvalue weighted by Crippen LogP contribution is -2.36. The van der Waals surface area contributed by atoms with Crippen molar-refractivity contribution in [3.8, 4) is 0 Å². The molecule has 0 fully saturated rings. The molecule has 1 rings (SSSR count). The van der Waals surface area contributed by atoms with Crippen molar-refractivity contribution < 1.29 is 4.79 Å². The number of carbonyl (C=O) groups is 1. The maximum Gasteiger partial charge on any atom is 0.240 e. The van der Waals surface area contributed by atoms with Crippen LogP contribution < -0.4 is 11.1 Å². The Morgan fingerprint density at radius 2 is 2.27 bits per heavy atom. The predicted octanol–water partition coefficient (Wildman–Crippen LogP) is 2.69. The number of amides is 1. The van der Waals surface area contributed by atoms with E-state index in [4.69, 9.17) is 17.3 Å². The highest BCUT2D eigenvalue weighted by atomic mass is 79.9. The van der Waals surface area contributed by atoms with Gasteiger partial charge >= 0.3 is 0 Å². The molecule has 1 aromatic heterocycles. The van der Waals surface area contributed by atoms with Crippen LogP contribution in [0.1, 0.15) is 24.8 Å². The molecule has 0 aromatic carbocycles. The van der Waals surface area contributed by atoms with E-state index in [0.29, 0.717) is 4.34 Å². The van der Waals surface area contributed by atoms with Crippen LogP contribution in [0.2, 0.25) is 4.34 Å². The van der Waals surface area contributed by atoms with Crippen molar-refractivity contribution in [2.45, 2.75) is 25.9 Å². The third kappa shape index (κ3) is 3.45. The van der Waals surface area contributed by atoms with E-state index in [2.05, 4.69) is 21.2 Å². The van der Waals surface area contributed by atoms with Crippen LogP contribution in [0, 0.1) is 0 Å². The van der Waals surface area contributed by atoms with Gasteiger partial charge in [0.15, 0.2) is 0 Å². The Hall–Kier alpha value is -0.100. The minimum atomic E-state index is -0.473. The molecule has 0 saturated carbocycles. The predicted molar refractivity (Wildman–Crippen MR) is 67.2 cm³/mol.